The number of hydrogen-bond acceptors (Lipinski definition) is 3. The molecule has 0 saturated heterocycles. The summed E-state index contributed by atoms with van der Waals surface area (Å²) in [4.78, 5) is 25.0. The minimum absolute atomic E-state index is 0.275. The second kappa shape index (κ2) is 9.06. The number of ether oxygens (including phenoxy) is 1. The van der Waals surface area contributed by atoms with E-state index in [4.69, 9.17) is 16.3 Å². The smallest absolute Gasteiger partial charge is 0.255 e. The van der Waals surface area contributed by atoms with E-state index < -0.39 is 0 Å². The molecule has 0 aliphatic rings. The van der Waals surface area contributed by atoms with E-state index >= 15 is 0 Å². The van der Waals surface area contributed by atoms with Crippen molar-refractivity contribution in [3.63, 3.8) is 0 Å². The Morgan fingerprint density at radius 2 is 1.61 bits per heavy atom. The molecule has 0 atom stereocenters. The van der Waals surface area contributed by atoms with Crippen LogP contribution < -0.4 is 15.4 Å². The molecule has 0 spiro atoms. The lowest BCUT2D eigenvalue weighted by Gasteiger charge is -2.10. The molecule has 0 unspecified atom stereocenters. The van der Waals surface area contributed by atoms with Crippen molar-refractivity contribution in [1.82, 2.24) is 5.32 Å². The maximum Gasteiger partial charge on any atom is 0.255 e. The van der Waals surface area contributed by atoms with Crippen LogP contribution in [0.4, 0.5) is 5.69 Å². The summed E-state index contributed by atoms with van der Waals surface area (Å²) in [5.41, 5.74) is 2.23. The molecule has 0 heterocycles. The Kier molecular flexibility index (Phi) is 6.29. The lowest BCUT2D eigenvalue weighted by molar-refractivity contribution is 0.0950. The number of amides is 2. The van der Waals surface area contributed by atoms with E-state index in [0.717, 1.165) is 5.56 Å². The summed E-state index contributed by atoms with van der Waals surface area (Å²) in [6.45, 7) is 0.321. The Labute approximate surface area is 168 Å². The topological polar surface area (TPSA) is 67.4 Å². The fourth-order valence-corrected chi connectivity index (χ4v) is 2.89. The molecule has 0 bridgehead atoms. The fraction of sp³-hybridized carbons (Fsp3) is 0.0909. The molecule has 3 rings (SSSR count). The predicted octanol–water partition coefficient (Wildman–Crippen LogP) is 4.53. The van der Waals surface area contributed by atoms with Crippen LogP contribution in [0.2, 0.25) is 5.02 Å². The first-order valence-electron chi connectivity index (χ1n) is 8.64. The Morgan fingerprint density at radius 3 is 2.36 bits per heavy atom. The van der Waals surface area contributed by atoms with Crippen LogP contribution >= 0.6 is 11.6 Å². The van der Waals surface area contributed by atoms with E-state index in [1.54, 1.807) is 55.6 Å². The number of hydrogen-bond donors (Lipinski definition) is 2. The van der Waals surface area contributed by atoms with Gasteiger partial charge in [-0.2, -0.15) is 0 Å². The number of anilines is 1. The third-order valence-electron chi connectivity index (χ3n) is 4.10. The normalized spacial score (nSPS) is 10.2. The lowest BCUT2D eigenvalue weighted by atomic mass is 10.1. The first kappa shape index (κ1) is 19.5. The van der Waals surface area contributed by atoms with Gasteiger partial charge in [-0.25, -0.2) is 0 Å². The number of nitrogens with one attached hydrogen (secondary N) is 2. The van der Waals surface area contributed by atoms with Crippen LogP contribution in [0.15, 0.2) is 72.8 Å². The molecule has 0 aliphatic carbocycles. The van der Waals surface area contributed by atoms with Gasteiger partial charge in [0.1, 0.15) is 5.75 Å². The summed E-state index contributed by atoms with van der Waals surface area (Å²) in [6.07, 6.45) is 0. The van der Waals surface area contributed by atoms with Crippen molar-refractivity contribution in [2.75, 3.05) is 12.4 Å². The zero-order chi connectivity index (χ0) is 19.9. The van der Waals surface area contributed by atoms with Gasteiger partial charge in [-0.05, 0) is 42.5 Å². The summed E-state index contributed by atoms with van der Waals surface area (Å²) in [7, 11) is 1.59. The molecule has 0 saturated carbocycles. The van der Waals surface area contributed by atoms with E-state index in [9.17, 15) is 9.59 Å². The van der Waals surface area contributed by atoms with E-state index in [-0.39, 0.29) is 11.8 Å². The number of halogens is 1. The van der Waals surface area contributed by atoms with Gasteiger partial charge in [0.2, 0.25) is 0 Å². The number of para-hydroxylation sites is 1. The molecule has 3 aromatic carbocycles. The summed E-state index contributed by atoms with van der Waals surface area (Å²) in [6, 6.07) is 20.9. The summed E-state index contributed by atoms with van der Waals surface area (Å²) in [5, 5.41) is 6.14. The Hall–Kier alpha value is -3.31. The van der Waals surface area contributed by atoms with Gasteiger partial charge in [-0.15, -0.1) is 0 Å². The van der Waals surface area contributed by atoms with Crippen molar-refractivity contribution < 1.29 is 14.3 Å². The second-order valence-corrected chi connectivity index (χ2v) is 6.48. The monoisotopic (exact) mass is 394 g/mol. The summed E-state index contributed by atoms with van der Waals surface area (Å²) < 4.78 is 5.29. The highest BCUT2D eigenvalue weighted by molar-refractivity contribution is 6.31. The van der Waals surface area contributed by atoms with Crippen LogP contribution in [-0.2, 0) is 6.54 Å². The van der Waals surface area contributed by atoms with Crippen LogP contribution in [0.3, 0.4) is 0 Å². The van der Waals surface area contributed by atoms with Crippen LogP contribution in [0.1, 0.15) is 26.3 Å². The van der Waals surface area contributed by atoms with Gasteiger partial charge in [0.15, 0.2) is 0 Å². The summed E-state index contributed by atoms with van der Waals surface area (Å²) in [5.74, 6) is 0.113. The van der Waals surface area contributed by atoms with Gasteiger partial charge in [0.05, 0.1) is 7.11 Å². The highest BCUT2D eigenvalue weighted by Crippen LogP contribution is 2.18. The lowest BCUT2D eigenvalue weighted by Crippen LogP contribution is -2.23. The van der Waals surface area contributed by atoms with Crippen LogP contribution in [0, 0.1) is 0 Å². The van der Waals surface area contributed by atoms with E-state index in [1.807, 2.05) is 24.3 Å². The highest BCUT2D eigenvalue weighted by Gasteiger charge is 2.12. The third-order valence-corrected chi connectivity index (χ3v) is 4.34. The molecule has 0 aromatic heterocycles. The number of carbonyl (C=O) groups excluding carboxylic acids is 2. The standard InChI is InChI=1S/C22H19ClN2O3/c1-28-20-11-3-2-6-17(20)14-24-21(26)15-7-4-8-16(12-15)22(27)25-19-10-5-9-18(23)13-19/h2-13H,14H2,1H3,(H,24,26)(H,25,27). The van der Waals surface area contributed by atoms with Crippen molar-refractivity contribution in [1.29, 1.82) is 0 Å². The minimum atomic E-state index is -0.318. The molecular weight excluding hydrogens is 376 g/mol. The van der Waals surface area contributed by atoms with Crippen molar-refractivity contribution in [2.45, 2.75) is 6.54 Å². The van der Waals surface area contributed by atoms with Crippen LogP contribution in [-0.4, -0.2) is 18.9 Å². The van der Waals surface area contributed by atoms with Gasteiger partial charge in [0, 0.05) is 33.9 Å². The first-order chi connectivity index (χ1) is 13.6. The molecule has 0 aliphatic heterocycles. The molecule has 6 heteroatoms. The fourth-order valence-electron chi connectivity index (χ4n) is 2.70. The number of rotatable bonds is 6. The van der Waals surface area contributed by atoms with Gasteiger partial charge in [-0.3, -0.25) is 9.59 Å². The molecule has 0 radical (unpaired) electrons. The van der Waals surface area contributed by atoms with Crippen LogP contribution in [0.5, 0.6) is 5.75 Å². The zero-order valence-corrected chi connectivity index (χ0v) is 16.0. The van der Waals surface area contributed by atoms with E-state index in [2.05, 4.69) is 10.6 Å². The van der Waals surface area contributed by atoms with Crippen molar-refractivity contribution in [3.05, 3.63) is 94.5 Å². The maximum absolute atomic E-state index is 12.5. The van der Waals surface area contributed by atoms with Crippen molar-refractivity contribution >= 4 is 29.1 Å². The summed E-state index contributed by atoms with van der Waals surface area (Å²) >= 11 is 5.93. The number of carbonyl (C=O) groups is 2. The Morgan fingerprint density at radius 1 is 0.893 bits per heavy atom. The molecular formula is C22H19ClN2O3. The van der Waals surface area contributed by atoms with Crippen LogP contribution in [0.25, 0.3) is 0 Å². The van der Waals surface area contributed by atoms with Crippen molar-refractivity contribution in [3.8, 4) is 5.75 Å². The quantitative estimate of drug-likeness (QED) is 0.645. The Bertz CT molecular complexity index is 1000. The van der Waals surface area contributed by atoms with E-state index in [0.29, 0.717) is 34.1 Å². The maximum atomic E-state index is 12.5. The van der Waals surface area contributed by atoms with Gasteiger partial charge in [0.25, 0.3) is 11.8 Å². The molecule has 2 N–H and O–H groups in total. The SMILES string of the molecule is COc1ccccc1CNC(=O)c1cccc(C(=O)Nc2cccc(Cl)c2)c1. The van der Waals surface area contributed by atoms with E-state index in [1.165, 1.54) is 0 Å². The van der Waals surface area contributed by atoms with Gasteiger partial charge >= 0.3 is 0 Å². The third kappa shape index (κ3) is 4.90. The second-order valence-electron chi connectivity index (χ2n) is 6.04. The molecule has 28 heavy (non-hydrogen) atoms. The van der Waals surface area contributed by atoms with Gasteiger partial charge in [-0.1, -0.05) is 41.9 Å². The minimum Gasteiger partial charge on any atom is -0.496 e. The molecule has 2 amide bonds. The molecule has 3 aromatic rings. The first-order valence-corrected chi connectivity index (χ1v) is 9.01. The van der Waals surface area contributed by atoms with Gasteiger partial charge < -0.3 is 15.4 Å². The average Bonchev–Trinajstić information content (AvgIpc) is 2.72. The zero-order valence-electron chi connectivity index (χ0n) is 15.2. The highest BCUT2D eigenvalue weighted by atomic mass is 35.5. The Balaban J connectivity index is 1.68. The van der Waals surface area contributed by atoms with Crippen molar-refractivity contribution in [2.24, 2.45) is 0 Å². The molecule has 5 nitrogen and oxygen atoms in total. The number of methoxy groups -OCH3 is 1. The molecule has 0 fully saturated rings. The predicted molar refractivity (Wildman–Crippen MR) is 110 cm³/mol. The average molecular weight is 395 g/mol. The molecule has 142 valence electrons. The largest absolute Gasteiger partial charge is 0.496 e. The number of benzene rings is 3.